The Bertz CT molecular complexity index is 430. The first kappa shape index (κ1) is 13.6. The predicted octanol–water partition coefficient (Wildman–Crippen LogP) is 1.90. The molecule has 2 rings (SSSR count). The number of carbonyl (C=O) groups is 1. The molecule has 1 N–H and O–H groups in total. The first-order valence-corrected chi connectivity index (χ1v) is 6.44. The Hall–Kier alpha value is -1.85. The van der Waals surface area contributed by atoms with Crippen molar-refractivity contribution in [2.45, 2.75) is 38.8 Å². The Balaban J connectivity index is 1.85. The normalized spacial score (nSPS) is 19.3. The molecule has 1 atom stereocenters. The van der Waals surface area contributed by atoms with Gasteiger partial charge in [-0.3, -0.25) is 4.98 Å². The van der Waals surface area contributed by atoms with Crippen LogP contribution < -0.4 is 5.32 Å². The van der Waals surface area contributed by atoms with E-state index in [4.69, 9.17) is 4.74 Å². The number of likely N-dealkylation sites (tertiary alicyclic amines) is 1. The zero-order valence-electron chi connectivity index (χ0n) is 11.6. The van der Waals surface area contributed by atoms with E-state index in [0.717, 1.165) is 12.2 Å². The highest BCUT2D eigenvalue weighted by molar-refractivity contribution is 5.68. The monoisotopic (exact) mass is 264 g/mol. The molecule has 1 aromatic rings. The molecular weight excluding hydrogens is 244 g/mol. The number of nitrogens with zero attached hydrogens (tertiary/aromatic N) is 3. The minimum absolute atomic E-state index is 0.198. The van der Waals surface area contributed by atoms with Crippen molar-refractivity contribution in [1.82, 2.24) is 14.9 Å². The van der Waals surface area contributed by atoms with Crippen molar-refractivity contribution in [3.05, 3.63) is 18.6 Å². The molecule has 1 amide bonds. The zero-order chi connectivity index (χ0) is 13.9. The molecule has 0 spiro atoms. The van der Waals surface area contributed by atoms with Crippen molar-refractivity contribution in [1.29, 1.82) is 0 Å². The summed E-state index contributed by atoms with van der Waals surface area (Å²) >= 11 is 0. The fourth-order valence-corrected chi connectivity index (χ4v) is 1.95. The van der Waals surface area contributed by atoms with Gasteiger partial charge in [-0.2, -0.15) is 0 Å². The summed E-state index contributed by atoms with van der Waals surface area (Å²) in [5, 5.41) is 3.27. The van der Waals surface area contributed by atoms with E-state index in [1.165, 1.54) is 0 Å². The molecule has 1 saturated heterocycles. The molecule has 6 heteroatoms. The average molecular weight is 264 g/mol. The molecule has 104 valence electrons. The van der Waals surface area contributed by atoms with Gasteiger partial charge in [0.05, 0.1) is 6.20 Å². The Kier molecular flexibility index (Phi) is 3.87. The summed E-state index contributed by atoms with van der Waals surface area (Å²) in [7, 11) is 0. The summed E-state index contributed by atoms with van der Waals surface area (Å²) in [5.74, 6) is 0.735. The van der Waals surface area contributed by atoms with Crippen molar-refractivity contribution in [2.24, 2.45) is 0 Å². The third kappa shape index (κ3) is 4.08. The second-order valence-corrected chi connectivity index (χ2v) is 5.65. The van der Waals surface area contributed by atoms with Crippen molar-refractivity contribution in [3.63, 3.8) is 0 Å². The average Bonchev–Trinajstić information content (AvgIpc) is 2.77. The third-order valence-corrected chi connectivity index (χ3v) is 2.76. The van der Waals surface area contributed by atoms with Crippen LogP contribution in [0.3, 0.4) is 0 Å². The van der Waals surface area contributed by atoms with E-state index in [9.17, 15) is 4.79 Å². The van der Waals surface area contributed by atoms with E-state index >= 15 is 0 Å². The van der Waals surface area contributed by atoms with E-state index in [0.29, 0.717) is 13.1 Å². The lowest BCUT2D eigenvalue weighted by molar-refractivity contribution is 0.0293. The van der Waals surface area contributed by atoms with Crippen LogP contribution in [-0.2, 0) is 4.74 Å². The first-order valence-electron chi connectivity index (χ1n) is 6.44. The molecule has 1 aliphatic rings. The van der Waals surface area contributed by atoms with Gasteiger partial charge in [-0.05, 0) is 27.2 Å². The van der Waals surface area contributed by atoms with E-state index in [1.807, 2.05) is 20.8 Å². The summed E-state index contributed by atoms with van der Waals surface area (Å²) < 4.78 is 5.35. The highest BCUT2D eigenvalue weighted by Gasteiger charge is 2.29. The van der Waals surface area contributed by atoms with Crippen molar-refractivity contribution >= 4 is 11.9 Å². The van der Waals surface area contributed by atoms with Gasteiger partial charge in [0.15, 0.2) is 0 Å². The lowest BCUT2D eigenvalue weighted by Gasteiger charge is -2.24. The number of amides is 1. The standard InChI is InChI=1S/C13H20N4O2/c1-13(2,3)19-12(18)17-7-4-10(9-17)16-11-8-14-5-6-15-11/h5-6,8,10H,4,7,9H2,1-3H3,(H,15,16)/t10-/m0/s1. The van der Waals surface area contributed by atoms with E-state index < -0.39 is 5.60 Å². The number of ether oxygens (including phenoxy) is 1. The molecule has 0 radical (unpaired) electrons. The van der Waals surface area contributed by atoms with Crippen molar-refractivity contribution < 1.29 is 9.53 Å². The summed E-state index contributed by atoms with van der Waals surface area (Å²) in [6.45, 7) is 6.95. The Morgan fingerprint density at radius 1 is 1.47 bits per heavy atom. The van der Waals surface area contributed by atoms with E-state index in [1.54, 1.807) is 23.5 Å². The van der Waals surface area contributed by atoms with E-state index in [2.05, 4.69) is 15.3 Å². The topological polar surface area (TPSA) is 67.3 Å². The third-order valence-electron chi connectivity index (χ3n) is 2.76. The number of hydrogen-bond acceptors (Lipinski definition) is 5. The van der Waals surface area contributed by atoms with Crippen molar-refractivity contribution in [3.8, 4) is 0 Å². The van der Waals surface area contributed by atoms with Crippen LogP contribution in [0.4, 0.5) is 10.6 Å². The largest absolute Gasteiger partial charge is 0.444 e. The van der Waals surface area contributed by atoms with Gasteiger partial charge in [0.1, 0.15) is 11.4 Å². The molecule has 0 aromatic carbocycles. The minimum atomic E-state index is -0.451. The number of hydrogen-bond donors (Lipinski definition) is 1. The number of aromatic nitrogens is 2. The van der Waals surface area contributed by atoms with Gasteiger partial charge in [-0.15, -0.1) is 0 Å². The predicted molar refractivity (Wildman–Crippen MR) is 71.9 cm³/mol. The maximum absolute atomic E-state index is 11.9. The van der Waals surface area contributed by atoms with Gasteiger partial charge in [-0.1, -0.05) is 0 Å². The summed E-state index contributed by atoms with van der Waals surface area (Å²) in [6, 6.07) is 0.198. The van der Waals surface area contributed by atoms with Crippen LogP contribution in [0.2, 0.25) is 0 Å². The fourth-order valence-electron chi connectivity index (χ4n) is 1.95. The van der Waals surface area contributed by atoms with Gasteiger partial charge in [0, 0.05) is 31.5 Å². The maximum Gasteiger partial charge on any atom is 0.410 e. The Morgan fingerprint density at radius 3 is 2.89 bits per heavy atom. The highest BCUT2D eigenvalue weighted by atomic mass is 16.6. The van der Waals surface area contributed by atoms with Crippen LogP contribution >= 0.6 is 0 Å². The number of anilines is 1. The van der Waals surface area contributed by atoms with Crippen LogP contribution in [0, 0.1) is 0 Å². The smallest absolute Gasteiger partial charge is 0.410 e. The fraction of sp³-hybridized carbons (Fsp3) is 0.615. The molecule has 2 heterocycles. The lowest BCUT2D eigenvalue weighted by atomic mass is 10.2. The van der Waals surface area contributed by atoms with Gasteiger partial charge >= 0.3 is 6.09 Å². The van der Waals surface area contributed by atoms with E-state index in [-0.39, 0.29) is 12.1 Å². The summed E-state index contributed by atoms with van der Waals surface area (Å²) in [4.78, 5) is 21.8. The molecule has 0 aliphatic carbocycles. The lowest BCUT2D eigenvalue weighted by Crippen LogP contribution is -2.36. The number of carbonyl (C=O) groups excluding carboxylic acids is 1. The highest BCUT2D eigenvalue weighted by Crippen LogP contribution is 2.17. The molecule has 19 heavy (non-hydrogen) atoms. The van der Waals surface area contributed by atoms with Crippen LogP contribution in [0.5, 0.6) is 0 Å². The maximum atomic E-state index is 11.9. The van der Waals surface area contributed by atoms with Crippen LogP contribution in [0.15, 0.2) is 18.6 Å². The minimum Gasteiger partial charge on any atom is -0.444 e. The summed E-state index contributed by atoms with van der Waals surface area (Å²) in [5.41, 5.74) is -0.451. The molecule has 1 fully saturated rings. The molecule has 6 nitrogen and oxygen atoms in total. The molecule has 0 unspecified atom stereocenters. The second kappa shape index (κ2) is 5.42. The molecular formula is C13H20N4O2. The summed E-state index contributed by atoms with van der Waals surface area (Å²) in [6.07, 6.45) is 5.58. The Morgan fingerprint density at radius 2 is 2.26 bits per heavy atom. The zero-order valence-corrected chi connectivity index (χ0v) is 11.6. The van der Waals surface area contributed by atoms with Crippen LogP contribution in [0.25, 0.3) is 0 Å². The second-order valence-electron chi connectivity index (χ2n) is 5.65. The number of nitrogens with one attached hydrogen (secondary N) is 1. The van der Waals surface area contributed by atoms with Gasteiger partial charge in [0.2, 0.25) is 0 Å². The molecule has 0 bridgehead atoms. The molecule has 0 saturated carbocycles. The van der Waals surface area contributed by atoms with Gasteiger partial charge < -0.3 is 15.0 Å². The molecule has 1 aliphatic heterocycles. The SMILES string of the molecule is CC(C)(C)OC(=O)N1CC[C@H](Nc2cnccn2)C1. The quantitative estimate of drug-likeness (QED) is 0.883. The van der Waals surface area contributed by atoms with Crippen molar-refractivity contribution in [2.75, 3.05) is 18.4 Å². The molecule has 1 aromatic heterocycles. The van der Waals surface area contributed by atoms with Gasteiger partial charge in [0.25, 0.3) is 0 Å². The Labute approximate surface area is 113 Å². The van der Waals surface area contributed by atoms with Gasteiger partial charge in [-0.25, -0.2) is 9.78 Å². The number of rotatable bonds is 2. The van der Waals surface area contributed by atoms with Crippen LogP contribution in [0.1, 0.15) is 27.2 Å². The first-order chi connectivity index (χ1) is 8.94. The van der Waals surface area contributed by atoms with Crippen LogP contribution in [-0.4, -0.2) is 45.7 Å².